The molecule has 2 unspecified atom stereocenters. The molecule has 1 aliphatic heterocycles. The Morgan fingerprint density at radius 2 is 2.36 bits per heavy atom. The van der Waals surface area contributed by atoms with Crippen molar-refractivity contribution in [2.24, 2.45) is 5.92 Å². The van der Waals surface area contributed by atoms with Crippen molar-refractivity contribution in [1.29, 1.82) is 0 Å². The number of hydrogen-bond acceptors (Lipinski definition) is 1. The van der Waals surface area contributed by atoms with E-state index in [0.717, 1.165) is 6.42 Å². The minimum atomic E-state index is 0.404. The quantitative estimate of drug-likeness (QED) is 0.567. The molecule has 0 aromatic heterocycles. The summed E-state index contributed by atoms with van der Waals surface area (Å²) in [5.41, 5.74) is 2.69. The second-order valence-electron chi connectivity index (χ2n) is 3.82. The van der Waals surface area contributed by atoms with Gasteiger partial charge in [-0.15, -0.1) is 0 Å². The molecule has 0 aromatic rings. The van der Waals surface area contributed by atoms with Crippen molar-refractivity contribution in [3.05, 3.63) is 59.9 Å². The van der Waals surface area contributed by atoms with E-state index >= 15 is 0 Å². The van der Waals surface area contributed by atoms with E-state index in [1.807, 2.05) is 6.08 Å². The predicted octanol–water partition coefficient (Wildman–Crippen LogP) is 2.27. The second-order valence-corrected chi connectivity index (χ2v) is 3.82. The smallest absolute Gasteiger partial charge is 0.155 e. The van der Waals surface area contributed by atoms with Crippen LogP contribution < -0.4 is 5.32 Å². The summed E-state index contributed by atoms with van der Waals surface area (Å²) in [4.78, 5) is 0. The summed E-state index contributed by atoms with van der Waals surface area (Å²) in [6.07, 6.45) is 19.5. The highest BCUT2D eigenvalue weighted by Gasteiger charge is 2.30. The highest BCUT2D eigenvalue weighted by molar-refractivity contribution is 5.43. The third-order valence-corrected chi connectivity index (χ3v) is 2.88. The predicted molar refractivity (Wildman–Crippen MR) is 57.3 cm³/mol. The molecule has 0 saturated carbocycles. The van der Waals surface area contributed by atoms with Crippen molar-refractivity contribution in [3.8, 4) is 0 Å². The van der Waals surface area contributed by atoms with Gasteiger partial charge in [-0.05, 0) is 24.1 Å². The lowest BCUT2D eigenvalue weighted by Gasteiger charge is -2.28. The van der Waals surface area contributed by atoms with E-state index in [4.69, 9.17) is 0 Å². The average Bonchev–Trinajstić information content (AvgIpc) is 2.26. The van der Waals surface area contributed by atoms with Gasteiger partial charge in [-0.2, -0.15) is 0 Å². The standard InChI is InChI=1S/C13H12N/c1-3-7-12-10(5-1)9-11-6-2-4-8-13(11)14-12/h1-4,7-9,11,13-14H,5H2/q+1. The molecule has 0 aromatic carbocycles. The molecule has 0 amide bonds. The maximum absolute atomic E-state index is 3.53. The summed E-state index contributed by atoms with van der Waals surface area (Å²) in [5.74, 6) is 0.415. The van der Waals surface area contributed by atoms with Crippen LogP contribution in [0.25, 0.3) is 0 Å². The van der Waals surface area contributed by atoms with Gasteiger partial charge in [0.1, 0.15) is 5.92 Å². The van der Waals surface area contributed by atoms with E-state index in [0.29, 0.717) is 12.0 Å². The second kappa shape index (κ2) is 2.97. The highest BCUT2D eigenvalue weighted by atomic mass is 14.9. The van der Waals surface area contributed by atoms with Gasteiger partial charge in [0, 0.05) is 11.8 Å². The van der Waals surface area contributed by atoms with Crippen LogP contribution in [0, 0.1) is 12.0 Å². The number of allylic oxidation sites excluding steroid dienone is 6. The van der Waals surface area contributed by atoms with E-state index in [9.17, 15) is 0 Å². The molecule has 0 bridgehead atoms. The van der Waals surface area contributed by atoms with Gasteiger partial charge >= 0.3 is 0 Å². The number of rotatable bonds is 0. The molecule has 68 valence electrons. The lowest BCUT2D eigenvalue weighted by Crippen LogP contribution is -2.38. The van der Waals surface area contributed by atoms with Crippen LogP contribution in [0.15, 0.2) is 53.8 Å². The zero-order valence-corrected chi connectivity index (χ0v) is 7.90. The van der Waals surface area contributed by atoms with Gasteiger partial charge in [0.05, 0.1) is 18.2 Å². The Kier molecular flexibility index (Phi) is 1.65. The fourth-order valence-electron chi connectivity index (χ4n) is 2.13. The SMILES string of the molecule is [C+]1=CC=CC2NC3=CC=CCC3=CC12. The topological polar surface area (TPSA) is 12.0 Å². The van der Waals surface area contributed by atoms with Crippen LogP contribution in [0.5, 0.6) is 0 Å². The summed E-state index contributed by atoms with van der Waals surface area (Å²) >= 11 is 0. The third kappa shape index (κ3) is 1.14. The Morgan fingerprint density at radius 1 is 1.36 bits per heavy atom. The fourth-order valence-corrected chi connectivity index (χ4v) is 2.13. The van der Waals surface area contributed by atoms with Crippen molar-refractivity contribution in [1.82, 2.24) is 5.32 Å². The minimum absolute atomic E-state index is 0.404. The molecule has 1 heterocycles. The van der Waals surface area contributed by atoms with Crippen molar-refractivity contribution in [3.63, 3.8) is 0 Å². The van der Waals surface area contributed by atoms with Gasteiger partial charge in [0.2, 0.25) is 0 Å². The first-order valence-corrected chi connectivity index (χ1v) is 5.04. The highest BCUT2D eigenvalue weighted by Crippen LogP contribution is 2.28. The molecule has 14 heavy (non-hydrogen) atoms. The Morgan fingerprint density at radius 3 is 3.36 bits per heavy atom. The normalized spacial score (nSPS) is 32.0. The van der Waals surface area contributed by atoms with Crippen molar-refractivity contribution in [2.45, 2.75) is 12.5 Å². The molecule has 2 atom stereocenters. The Balaban J connectivity index is 2.00. The number of nitrogens with one attached hydrogen (secondary N) is 1. The Bertz CT molecular complexity index is 393. The van der Waals surface area contributed by atoms with Crippen LogP contribution in [0.3, 0.4) is 0 Å². The fraction of sp³-hybridized carbons (Fsp3) is 0.231. The van der Waals surface area contributed by atoms with Crippen LogP contribution in [-0.2, 0) is 0 Å². The summed E-state index contributed by atoms with van der Waals surface area (Å²) in [5, 5.41) is 3.53. The van der Waals surface area contributed by atoms with E-state index in [-0.39, 0.29) is 0 Å². The van der Waals surface area contributed by atoms with Crippen LogP contribution in [0.4, 0.5) is 0 Å². The number of fused-ring (bicyclic) bond motifs is 2. The van der Waals surface area contributed by atoms with E-state index in [1.165, 1.54) is 11.3 Å². The van der Waals surface area contributed by atoms with Crippen molar-refractivity contribution in [2.75, 3.05) is 0 Å². The van der Waals surface area contributed by atoms with Crippen LogP contribution in [0.1, 0.15) is 6.42 Å². The first kappa shape index (κ1) is 7.78. The van der Waals surface area contributed by atoms with Crippen molar-refractivity contribution < 1.29 is 0 Å². The molecule has 0 saturated heterocycles. The molecule has 0 spiro atoms. The molecule has 3 aliphatic rings. The van der Waals surface area contributed by atoms with Gasteiger partial charge in [-0.1, -0.05) is 12.2 Å². The molecule has 1 N–H and O–H groups in total. The maximum atomic E-state index is 3.53. The molecule has 3 rings (SSSR count). The summed E-state index contributed by atoms with van der Waals surface area (Å²) < 4.78 is 0. The van der Waals surface area contributed by atoms with E-state index in [2.05, 4.69) is 47.8 Å². The van der Waals surface area contributed by atoms with Crippen LogP contribution in [-0.4, -0.2) is 6.04 Å². The lowest BCUT2D eigenvalue weighted by atomic mass is 9.86. The molecule has 1 heteroatoms. The molecule has 2 aliphatic carbocycles. The van der Waals surface area contributed by atoms with Gasteiger partial charge in [0.25, 0.3) is 0 Å². The van der Waals surface area contributed by atoms with Gasteiger partial charge in [-0.25, -0.2) is 0 Å². The first-order valence-electron chi connectivity index (χ1n) is 5.04. The lowest BCUT2D eigenvalue weighted by molar-refractivity contribution is 0.547. The molecule has 1 nitrogen and oxygen atoms in total. The minimum Gasteiger partial charge on any atom is -0.374 e. The summed E-state index contributed by atoms with van der Waals surface area (Å²) in [7, 11) is 0. The van der Waals surface area contributed by atoms with Crippen molar-refractivity contribution >= 4 is 0 Å². The Hall–Kier alpha value is -1.59. The molecule has 0 radical (unpaired) electrons. The maximum Gasteiger partial charge on any atom is 0.155 e. The Labute approximate surface area is 84.2 Å². The first-order chi connectivity index (χ1) is 6.93. The third-order valence-electron chi connectivity index (χ3n) is 2.88. The number of hydrogen-bond donors (Lipinski definition) is 1. The van der Waals surface area contributed by atoms with E-state index in [1.54, 1.807) is 0 Å². The largest absolute Gasteiger partial charge is 0.374 e. The molecule has 0 fully saturated rings. The molecular formula is C13H12N+. The van der Waals surface area contributed by atoms with Crippen LogP contribution in [0.2, 0.25) is 0 Å². The van der Waals surface area contributed by atoms with Gasteiger partial charge in [-0.3, -0.25) is 0 Å². The molecular weight excluding hydrogens is 170 g/mol. The zero-order valence-electron chi connectivity index (χ0n) is 7.90. The monoisotopic (exact) mass is 182 g/mol. The van der Waals surface area contributed by atoms with Crippen LogP contribution >= 0.6 is 0 Å². The van der Waals surface area contributed by atoms with E-state index < -0.39 is 0 Å². The summed E-state index contributed by atoms with van der Waals surface area (Å²) in [6, 6.07) is 0.404. The summed E-state index contributed by atoms with van der Waals surface area (Å²) in [6.45, 7) is 0. The average molecular weight is 182 g/mol. The zero-order chi connectivity index (χ0) is 9.38. The van der Waals surface area contributed by atoms with Gasteiger partial charge < -0.3 is 5.32 Å². The van der Waals surface area contributed by atoms with Gasteiger partial charge in [0.15, 0.2) is 6.08 Å².